The molecular weight excluding hydrogens is 356 g/mol. The molecule has 1 N–H and O–H groups in total. The van der Waals surface area contributed by atoms with Gasteiger partial charge in [0.1, 0.15) is 6.04 Å². The molecule has 1 heterocycles. The molecule has 0 saturated carbocycles. The van der Waals surface area contributed by atoms with Gasteiger partial charge >= 0.3 is 5.97 Å². The molecule has 1 saturated heterocycles. The molecule has 0 radical (unpaired) electrons. The lowest BCUT2D eigenvalue weighted by Gasteiger charge is -2.22. The fourth-order valence-corrected chi connectivity index (χ4v) is 5.20. The highest BCUT2D eigenvalue weighted by molar-refractivity contribution is 7.89. The SMILES string of the molecule is CCCS(=O)(=O)N1CCCC1C(=O)OCC(=O)NCCC1=CCCCC1. The lowest BCUT2D eigenvalue weighted by Crippen LogP contribution is -2.43. The van der Waals surface area contributed by atoms with E-state index in [-0.39, 0.29) is 18.3 Å². The Bertz CT molecular complexity index is 629. The van der Waals surface area contributed by atoms with Crippen LogP contribution in [0.15, 0.2) is 11.6 Å². The van der Waals surface area contributed by atoms with Crippen LogP contribution in [0.3, 0.4) is 0 Å². The van der Waals surface area contributed by atoms with E-state index >= 15 is 0 Å². The van der Waals surface area contributed by atoms with Gasteiger partial charge in [0.2, 0.25) is 10.0 Å². The zero-order valence-corrected chi connectivity index (χ0v) is 16.4. The van der Waals surface area contributed by atoms with Gasteiger partial charge in [-0.25, -0.2) is 8.42 Å². The minimum Gasteiger partial charge on any atom is -0.454 e. The monoisotopic (exact) mass is 386 g/mol. The lowest BCUT2D eigenvalue weighted by molar-refractivity contribution is -0.151. The summed E-state index contributed by atoms with van der Waals surface area (Å²) >= 11 is 0. The molecule has 8 heteroatoms. The predicted molar refractivity (Wildman–Crippen MR) is 98.9 cm³/mol. The number of nitrogens with zero attached hydrogens (tertiary/aromatic N) is 1. The molecule has 148 valence electrons. The number of hydrogen-bond donors (Lipinski definition) is 1. The molecule has 1 aliphatic carbocycles. The molecule has 2 aliphatic rings. The van der Waals surface area contributed by atoms with Crippen LogP contribution in [0.5, 0.6) is 0 Å². The number of allylic oxidation sites excluding steroid dienone is 1. The number of hydrogen-bond acceptors (Lipinski definition) is 5. The zero-order chi connectivity index (χ0) is 19.0. The molecule has 0 aromatic heterocycles. The molecule has 1 amide bonds. The lowest BCUT2D eigenvalue weighted by atomic mass is 9.97. The van der Waals surface area contributed by atoms with Gasteiger partial charge < -0.3 is 10.1 Å². The second-order valence-corrected chi connectivity index (χ2v) is 8.94. The normalized spacial score (nSPS) is 21.3. The van der Waals surface area contributed by atoms with E-state index in [2.05, 4.69) is 11.4 Å². The summed E-state index contributed by atoms with van der Waals surface area (Å²) in [5.74, 6) is -0.962. The van der Waals surface area contributed by atoms with Gasteiger partial charge in [0, 0.05) is 13.1 Å². The molecule has 0 aromatic carbocycles. The van der Waals surface area contributed by atoms with Crippen LogP contribution in [-0.2, 0) is 24.3 Å². The van der Waals surface area contributed by atoms with Crippen LogP contribution in [0.4, 0.5) is 0 Å². The first-order chi connectivity index (χ1) is 12.4. The average Bonchev–Trinajstić information content (AvgIpc) is 3.11. The van der Waals surface area contributed by atoms with Crippen molar-refractivity contribution in [2.75, 3.05) is 25.4 Å². The molecule has 0 spiro atoms. The Balaban J connectivity index is 1.73. The van der Waals surface area contributed by atoms with E-state index in [1.165, 1.54) is 22.7 Å². The Morgan fingerprint density at radius 2 is 2.12 bits per heavy atom. The van der Waals surface area contributed by atoms with Gasteiger partial charge in [0.25, 0.3) is 5.91 Å². The molecule has 0 bridgehead atoms. The maximum Gasteiger partial charge on any atom is 0.324 e. The summed E-state index contributed by atoms with van der Waals surface area (Å²) in [4.78, 5) is 24.1. The van der Waals surface area contributed by atoms with E-state index in [1.807, 2.05) is 0 Å². The van der Waals surface area contributed by atoms with Gasteiger partial charge in [-0.2, -0.15) is 4.31 Å². The second kappa shape index (κ2) is 10.1. The minimum absolute atomic E-state index is 0.0209. The van der Waals surface area contributed by atoms with Gasteiger partial charge in [-0.1, -0.05) is 18.6 Å². The molecule has 26 heavy (non-hydrogen) atoms. The molecule has 1 atom stereocenters. The van der Waals surface area contributed by atoms with E-state index < -0.39 is 22.0 Å². The van der Waals surface area contributed by atoms with Crippen molar-refractivity contribution in [3.8, 4) is 0 Å². The molecular formula is C18H30N2O5S. The number of carbonyl (C=O) groups excluding carboxylic acids is 2. The van der Waals surface area contributed by atoms with Gasteiger partial charge in [-0.15, -0.1) is 0 Å². The number of sulfonamides is 1. The molecule has 7 nitrogen and oxygen atoms in total. The fourth-order valence-electron chi connectivity index (χ4n) is 3.46. The summed E-state index contributed by atoms with van der Waals surface area (Å²) in [5.41, 5.74) is 1.37. The van der Waals surface area contributed by atoms with Crippen LogP contribution in [0.2, 0.25) is 0 Å². The summed E-state index contributed by atoms with van der Waals surface area (Å²) < 4.78 is 30.7. The molecule has 0 aromatic rings. The fraction of sp³-hybridized carbons (Fsp3) is 0.778. The first kappa shape index (κ1) is 20.9. The zero-order valence-electron chi connectivity index (χ0n) is 15.5. The van der Waals surface area contributed by atoms with Crippen molar-refractivity contribution in [1.29, 1.82) is 0 Å². The highest BCUT2D eigenvalue weighted by Gasteiger charge is 2.39. The van der Waals surface area contributed by atoms with Crippen molar-refractivity contribution in [1.82, 2.24) is 9.62 Å². The third-order valence-corrected chi connectivity index (χ3v) is 6.87. The Hall–Kier alpha value is -1.41. The number of ether oxygens (including phenoxy) is 1. The molecule has 2 rings (SSSR count). The van der Waals surface area contributed by atoms with E-state index in [4.69, 9.17) is 4.74 Å². The predicted octanol–water partition coefficient (Wildman–Crippen LogP) is 1.74. The first-order valence-corrected chi connectivity index (χ1v) is 11.2. The van der Waals surface area contributed by atoms with Crippen LogP contribution in [0.1, 0.15) is 58.3 Å². The van der Waals surface area contributed by atoms with Crippen molar-refractivity contribution in [2.24, 2.45) is 0 Å². The topological polar surface area (TPSA) is 92.8 Å². The van der Waals surface area contributed by atoms with E-state index in [0.29, 0.717) is 32.4 Å². The van der Waals surface area contributed by atoms with Crippen LogP contribution in [0, 0.1) is 0 Å². The Morgan fingerprint density at radius 1 is 1.31 bits per heavy atom. The smallest absolute Gasteiger partial charge is 0.324 e. The number of rotatable bonds is 9. The summed E-state index contributed by atoms with van der Waals surface area (Å²) in [6.07, 6.45) is 9.27. The van der Waals surface area contributed by atoms with Crippen molar-refractivity contribution >= 4 is 21.9 Å². The highest BCUT2D eigenvalue weighted by atomic mass is 32.2. The summed E-state index contributed by atoms with van der Waals surface area (Å²) in [7, 11) is -3.44. The Labute approximate surface area is 156 Å². The number of esters is 1. The van der Waals surface area contributed by atoms with Crippen molar-refractivity contribution in [3.63, 3.8) is 0 Å². The number of carbonyl (C=O) groups is 2. The number of nitrogens with one attached hydrogen (secondary N) is 1. The quantitative estimate of drug-likeness (QED) is 0.481. The Morgan fingerprint density at radius 3 is 2.81 bits per heavy atom. The second-order valence-electron chi connectivity index (χ2n) is 6.90. The maximum absolute atomic E-state index is 12.2. The van der Waals surface area contributed by atoms with Crippen molar-refractivity contribution < 1.29 is 22.7 Å². The average molecular weight is 387 g/mol. The molecule has 1 aliphatic heterocycles. The van der Waals surface area contributed by atoms with Crippen LogP contribution < -0.4 is 5.32 Å². The first-order valence-electron chi connectivity index (χ1n) is 9.55. The van der Waals surface area contributed by atoms with E-state index in [0.717, 1.165) is 19.3 Å². The van der Waals surface area contributed by atoms with Gasteiger partial charge in [0.15, 0.2) is 6.61 Å². The van der Waals surface area contributed by atoms with Crippen molar-refractivity contribution in [3.05, 3.63) is 11.6 Å². The van der Waals surface area contributed by atoms with Crippen LogP contribution >= 0.6 is 0 Å². The molecule has 1 unspecified atom stereocenters. The summed E-state index contributed by atoms with van der Waals surface area (Å²) in [5, 5.41) is 2.75. The van der Waals surface area contributed by atoms with Crippen LogP contribution in [0.25, 0.3) is 0 Å². The minimum atomic E-state index is -3.44. The van der Waals surface area contributed by atoms with Gasteiger partial charge in [0.05, 0.1) is 5.75 Å². The van der Waals surface area contributed by atoms with E-state index in [9.17, 15) is 18.0 Å². The Kier molecular flexibility index (Phi) is 8.09. The third-order valence-electron chi connectivity index (χ3n) is 4.79. The van der Waals surface area contributed by atoms with Gasteiger partial charge in [-0.3, -0.25) is 9.59 Å². The summed E-state index contributed by atoms with van der Waals surface area (Å²) in [6.45, 7) is 2.29. The highest BCUT2D eigenvalue weighted by Crippen LogP contribution is 2.23. The molecule has 1 fully saturated rings. The van der Waals surface area contributed by atoms with Crippen molar-refractivity contribution in [2.45, 2.75) is 64.3 Å². The standard InChI is InChI=1S/C18H30N2O5S/c1-2-13-26(23,24)20-12-6-9-16(20)18(22)25-14-17(21)19-11-10-15-7-4-3-5-8-15/h7,16H,2-6,8-14H2,1H3,(H,19,21). The van der Waals surface area contributed by atoms with Gasteiger partial charge in [-0.05, 0) is 51.4 Å². The number of amides is 1. The largest absolute Gasteiger partial charge is 0.454 e. The van der Waals surface area contributed by atoms with E-state index in [1.54, 1.807) is 6.92 Å². The maximum atomic E-state index is 12.2. The summed E-state index contributed by atoms with van der Waals surface area (Å²) in [6, 6.07) is -0.799. The third kappa shape index (κ3) is 6.09. The van der Waals surface area contributed by atoms with Crippen LogP contribution in [-0.4, -0.2) is 56.1 Å².